The van der Waals surface area contributed by atoms with E-state index in [2.05, 4.69) is 42.8 Å². The second-order valence-electron chi connectivity index (χ2n) is 4.34. The zero-order chi connectivity index (χ0) is 12.4. The third kappa shape index (κ3) is 3.75. The van der Waals surface area contributed by atoms with Crippen molar-refractivity contribution in [2.45, 2.75) is 25.6 Å². The normalized spacial score (nSPS) is 23.9. The van der Waals surface area contributed by atoms with Gasteiger partial charge >= 0.3 is 0 Å². The first kappa shape index (κ1) is 14.0. The molecule has 0 aromatic carbocycles. The van der Waals surface area contributed by atoms with Crippen molar-refractivity contribution in [2.24, 2.45) is 5.73 Å². The van der Waals surface area contributed by atoms with Crippen LogP contribution in [0.4, 0.5) is 0 Å². The molecule has 1 aromatic heterocycles. The Bertz CT molecular complexity index is 364. The minimum absolute atomic E-state index is 0.0969. The van der Waals surface area contributed by atoms with E-state index in [1.54, 1.807) is 11.3 Å². The van der Waals surface area contributed by atoms with Crippen molar-refractivity contribution in [2.75, 3.05) is 19.7 Å². The Labute approximate surface area is 123 Å². The van der Waals surface area contributed by atoms with Gasteiger partial charge in [0.05, 0.1) is 16.5 Å². The quantitative estimate of drug-likeness (QED) is 0.872. The number of rotatable bonds is 3. The highest BCUT2D eigenvalue weighted by Gasteiger charge is 2.23. The molecule has 1 fully saturated rings. The first-order valence-electron chi connectivity index (χ1n) is 5.59. The third-order valence-corrected chi connectivity index (χ3v) is 6.08. The van der Waals surface area contributed by atoms with Crippen LogP contribution >= 0.6 is 43.2 Å². The van der Waals surface area contributed by atoms with Crippen LogP contribution in [0.3, 0.4) is 0 Å². The fraction of sp³-hybridized carbons (Fsp3) is 0.636. The van der Waals surface area contributed by atoms with Crippen LogP contribution in [-0.2, 0) is 11.3 Å². The minimum atomic E-state index is 0.0969. The van der Waals surface area contributed by atoms with Gasteiger partial charge in [0, 0.05) is 35.0 Å². The molecule has 2 atom stereocenters. The number of hydrogen-bond donors (Lipinski definition) is 1. The van der Waals surface area contributed by atoms with Gasteiger partial charge in [0.25, 0.3) is 0 Å². The molecule has 2 N–H and O–H groups in total. The maximum Gasteiger partial charge on any atom is 0.0850 e. The molecule has 0 spiro atoms. The molecule has 17 heavy (non-hydrogen) atoms. The molecule has 2 unspecified atom stereocenters. The summed E-state index contributed by atoms with van der Waals surface area (Å²) in [6, 6.07) is 2.27. The van der Waals surface area contributed by atoms with Crippen LogP contribution in [0.15, 0.2) is 14.3 Å². The van der Waals surface area contributed by atoms with E-state index in [4.69, 9.17) is 10.5 Å². The average molecular weight is 384 g/mol. The molecule has 3 nitrogen and oxygen atoms in total. The predicted molar refractivity (Wildman–Crippen MR) is 78.4 cm³/mol. The molecule has 0 aliphatic carbocycles. The molecular formula is C11H16Br2N2OS. The number of thiophene rings is 1. The van der Waals surface area contributed by atoms with E-state index in [-0.39, 0.29) is 12.1 Å². The molecule has 1 saturated heterocycles. The molecule has 0 saturated carbocycles. The summed E-state index contributed by atoms with van der Waals surface area (Å²) < 4.78 is 7.95. The lowest BCUT2D eigenvalue weighted by atomic mass is 10.1. The summed E-state index contributed by atoms with van der Waals surface area (Å²) >= 11 is 8.81. The standard InChI is InChI=1S/C11H16Br2N2OS/c1-7(14)10-6-15(2-3-16-10)5-8-4-9(12)11(13)17-8/h4,7,10H,2-3,5-6,14H2,1H3. The highest BCUT2D eigenvalue weighted by molar-refractivity contribution is 9.13. The summed E-state index contributed by atoms with van der Waals surface area (Å²) in [4.78, 5) is 3.76. The SMILES string of the molecule is CC(N)C1CN(Cc2cc(Br)c(Br)s2)CCO1. The molecule has 6 heteroatoms. The zero-order valence-electron chi connectivity index (χ0n) is 9.66. The smallest absolute Gasteiger partial charge is 0.0850 e. The largest absolute Gasteiger partial charge is 0.374 e. The second kappa shape index (κ2) is 6.12. The van der Waals surface area contributed by atoms with Crippen molar-refractivity contribution in [3.8, 4) is 0 Å². The number of nitrogens with two attached hydrogens (primary N) is 1. The summed E-state index contributed by atoms with van der Waals surface area (Å²) in [5.74, 6) is 0. The molecule has 0 radical (unpaired) electrons. The van der Waals surface area contributed by atoms with Crippen LogP contribution in [0, 0.1) is 0 Å². The van der Waals surface area contributed by atoms with Crippen LogP contribution in [0.25, 0.3) is 0 Å². The van der Waals surface area contributed by atoms with Gasteiger partial charge < -0.3 is 10.5 Å². The Morgan fingerprint density at radius 1 is 1.65 bits per heavy atom. The number of halogens is 2. The van der Waals surface area contributed by atoms with Gasteiger partial charge in [-0.1, -0.05) is 0 Å². The van der Waals surface area contributed by atoms with E-state index in [9.17, 15) is 0 Å². The predicted octanol–water partition coefficient (Wildman–Crippen LogP) is 2.82. The van der Waals surface area contributed by atoms with Crippen molar-refractivity contribution in [1.29, 1.82) is 0 Å². The van der Waals surface area contributed by atoms with Crippen LogP contribution in [0.2, 0.25) is 0 Å². The van der Waals surface area contributed by atoms with Crippen molar-refractivity contribution in [3.05, 3.63) is 19.2 Å². The molecule has 1 aromatic rings. The lowest BCUT2D eigenvalue weighted by Crippen LogP contribution is -2.49. The Hall–Kier alpha value is 0.540. The van der Waals surface area contributed by atoms with Gasteiger partial charge in [-0.3, -0.25) is 4.90 Å². The van der Waals surface area contributed by atoms with E-state index >= 15 is 0 Å². The van der Waals surface area contributed by atoms with Gasteiger partial charge in [0.15, 0.2) is 0 Å². The summed E-state index contributed by atoms with van der Waals surface area (Å²) in [5.41, 5.74) is 5.89. The van der Waals surface area contributed by atoms with Gasteiger partial charge in [0.1, 0.15) is 0 Å². The number of ether oxygens (including phenoxy) is 1. The maximum atomic E-state index is 5.89. The van der Waals surface area contributed by atoms with E-state index < -0.39 is 0 Å². The molecule has 2 rings (SSSR count). The van der Waals surface area contributed by atoms with Gasteiger partial charge in [-0.25, -0.2) is 0 Å². The minimum Gasteiger partial charge on any atom is -0.374 e. The second-order valence-corrected chi connectivity index (χ2v) is 7.65. The van der Waals surface area contributed by atoms with Crippen molar-refractivity contribution in [1.82, 2.24) is 4.90 Å². The fourth-order valence-corrected chi connectivity index (χ4v) is 4.10. The zero-order valence-corrected chi connectivity index (χ0v) is 13.6. The third-order valence-electron chi connectivity index (χ3n) is 2.84. The van der Waals surface area contributed by atoms with E-state index in [0.29, 0.717) is 0 Å². The fourth-order valence-electron chi connectivity index (χ4n) is 1.88. The molecule has 0 bridgehead atoms. The Balaban J connectivity index is 1.94. The Kier molecular flexibility index (Phi) is 5.03. The monoisotopic (exact) mass is 382 g/mol. The van der Waals surface area contributed by atoms with Gasteiger partial charge in [-0.15, -0.1) is 11.3 Å². The first-order chi connectivity index (χ1) is 8.06. The maximum absolute atomic E-state index is 5.89. The van der Waals surface area contributed by atoms with Crippen LogP contribution in [0.1, 0.15) is 11.8 Å². The number of nitrogens with zero attached hydrogens (tertiary/aromatic N) is 1. The van der Waals surface area contributed by atoms with Crippen molar-refractivity contribution >= 4 is 43.2 Å². The van der Waals surface area contributed by atoms with E-state index in [0.717, 1.165) is 34.5 Å². The van der Waals surface area contributed by atoms with Crippen molar-refractivity contribution in [3.63, 3.8) is 0 Å². The highest BCUT2D eigenvalue weighted by atomic mass is 79.9. The van der Waals surface area contributed by atoms with Gasteiger partial charge in [0.2, 0.25) is 0 Å². The Morgan fingerprint density at radius 2 is 2.41 bits per heavy atom. The summed E-state index contributed by atoms with van der Waals surface area (Å²) in [5, 5.41) is 0. The summed E-state index contributed by atoms with van der Waals surface area (Å²) in [7, 11) is 0. The van der Waals surface area contributed by atoms with Crippen LogP contribution in [-0.4, -0.2) is 36.7 Å². The van der Waals surface area contributed by atoms with E-state index in [1.807, 2.05) is 6.92 Å². The molecular weight excluding hydrogens is 368 g/mol. The topological polar surface area (TPSA) is 38.5 Å². The van der Waals surface area contributed by atoms with Crippen LogP contribution in [0.5, 0.6) is 0 Å². The summed E-state index contributed by atoms with van der Waals surface area (Å²) in [6.45, 7) is 5.66. The highest BCUT2D eigenvalue weighted by Crippen LogP contribution is 2.33. The average Bonchev–Trinajstić information content (AvgIpc) is 2.58. The van der Waals surface area contributed by atoms with Gasteiger partial charge in [-0.05, 0) is 44.8 Å². The summed E-state index contributed by atoms with van der Waals surface area (Å²) in [6.07, 6.45) is 0.163. The number of morpholine rings is 1. The lowest BCUT2D eigenvalue weighted by molar-refractivity contribution is -0.0400. The molecule has 0 amide bonds. The molecule has 96 valence electrons. The van der Waals surface area contributed by atoms with Crippen LogP contribution < -0.4 is 5.73 Å². The molecule has 2 heterocycles. The van der Waals surface area contributed by atoms with Gasteiger partial charge in [-0.2, -0.15) is 0 Å². The number of hydrogen-bond acceptors (Lipinski definition) is 4. The Morgan fingerprint density at radius 3 is 3.00 bits per heavy atom. The van der Waals surface area contributed by atoms with Crippen molar-refractivity contribution < 1.29 is 4.74 Å². The molecule has 1 aliphatic heterocycles. The molecule has 1 aliphatic rings. The first-order valence-corrected chi connectivity index (χ1v) is 7.99. The lowest BCUT2D eigenvalue weighted by Gasteiger charge is -2.34. The van der Waals surface area contributed by atoms with E-state index in [1.165, 1.54) is 4.88 Å².